The SMILES string of the molecule is CC(C)NC(=O)CNC(=O)COC(=O)/C=C/c1ccc2c(c1)OCO2. The molecule has 0 aliphatic carbocycles. The van der Waals surface area contributed by atoms with Crippen LogP contribution in [0.2, 0.25) is 0 Å². The first kappa shape index (κ1) is 18.3. The number of hydrogen-bond donors (Lipinski definition) is 2. The number of fused-ring (bicyclic) bond motifs is 1. The molecular weight excluding hydrogens is 328 g/mol. The van der Waals surface area contributed by atoms with E-state index in [4.69, 9.17) is 14.2 Å². The van der Waals surface area contributed by atoms with Crippen LogP contribution in [0.4, 0.5) is 0 Å². The molecule has 0 saturated heterocycles. The third kappa shape index (κ3) is 6.17. The summed E-state index contributed by atoms with van der Waals surface area (Å²) in [6.45, 7) is 3.18. The Morgan fingerprint density at radius 2 is 1.96 bits per heavy atom. The summed E-state index contributed by atoms with van der Waals surface area (Å²) in [6, 6.07) is 5.22. The van der Waals surface area contributed by atoms with Gasteiger partial charge >= 0.3 is 5.97 Å². The second kappa shape index (κ2) is 8.72. The molecule has 1 heterocycles. The lowest BCUT2D eigenvalue weighted by molar-refractivity contribution is -0.143. The van der Waals surface area contributed by atoms with Gasteiger partial charge in [-0.2, -0.15) is 0 Å². The maximum atomic E-state index is 11.6. The van der Waals surface area contributed by atoms with Crippen LogP contribution in [-0.4, -0.2) is 43.8 Å². The maximum Gasteiger partial charge on any atom is 0.331 e. The Balaban J connectivity index is 1.71. The predicted molar refractivity (Wildman–Crippen MR) is 88.8 cm³/mol. The Morgan fingerprint density at radius 1 is 1.20 bits per heavy atom. The lowest BCUT2D eigenvalue weighted by Gasteiger charge is -2.09. The van der Waals surface area contributed by atoms with Gasteiger partial charge in [-0.25, -0.2) is 4.79 Å². The molecule has 1 aromatic rings. The average molecular weight is 348 g/mol. The lowest BCUT2D eigenvalue weighted by atomic mass is 10.2. The molecule has 0 radical (unpaired) electrons. The number of rotatable bonds is 7. The average Bonchev–Trinajstić information content (AvgIpc) is 3.03. The van der Waals surface area contributed by atoms with Crippen LogP contribution in [0, 0.1) is 0 Å². The van der Waals surface area contributed by atoms with Crippen LogP contribution in [0.5, 0.6) is 11.5 Å². The summed E-state index contributed by atoms with van der Waals surface area (Å²) in [5.74, 6) is -0.270. The minimum atomic E-state index is -0.667. The fourth-order valence-corrected chi connectivity index (χ4v) is 1.97. The normalized spacial score (nSPS) is 12.3. The first-order chi connectivity index (χ1) is 11.9. The van der Waals surface area contributed by atoms with Crippen LogP contribution in [0.15, 0.2) is 24.3 Å². The third-order valence-electron chi connectivity index (χ3n) is 3.05. The van der Waals surface area contributed by atoms with Crippen LogP contribution >= 0.6 is 0 Å². The highest BCUT2D eigenvalue weighted by Crippen LogP contribution is 2.32. The Bertz CT molecular complexity index is 684. The number of hydrogen-bond acceptors (Lipinski definition) is 6. The van der Waals surface area contributed by atoms with Crippen molar-refractivity contribution in [2.75, 3.05) is 19.9 Å². The van der Waals surface area contributed by atoms with E-state index in [0.29, 0.717) is 11.5 Å². The Kier molecular flexibility index (Phi) is 6.39. The van der Waals surface area contributed by atoms with Gasteiger partial charge in [-0.15, -0.1) is 0 Å². The Hall–Kier alpha value is -3.03. The van der Waals surface area contributed by atoms with E-state index in [0.717, 1.165) is 5.56 Å². The number of carbonyl (C=O) groups is 3. The quantitative estimate of drug-likeness (QED) is 0.553. The molecular formula is C17H20N2O6. The fourth-order valence-electron chi connectivity index (χ4n) is 1.97. The molecule has 1 aromatic carbocycles. The van der Waals surface area contributed by atoms with Gasteiger partial charge in [0.2, 0.25) is 12.7 Å². The molecule has 0 bridgehead atoms. The second-order valence-electron chi connectivity index (χ2n) is 5.55. The van der Waals surface area contributed by atoms with Gasteiger partial charge < -0.3 is 24.8 Å². The molecule has 8 nitrogen and oxygen atoms in total. The maximum absolute atomic E-state index is 11.6. The van der Waals surface area contributed by atoms with Crippen molar-refractivity contribution in [3.63, 3.8) is 0 Å². The summed E-state index contributed by atoms with van der Waals surface area (Å²) < 4.78 is 15.2. The van der Waals surface area contributed by atoms with E-state index in [1.54, 1.807) is 18.2 Å². The van der Waals surface area contributed by atoms with Crippen molar-refractivity contribution in [3.8, 4) is 11.5 Å². The van der Waals surface area contributed by atoms with Crippen LogP contribution < -0.4 is 20.1 Å². The molecule has 134 valence electrons. The molecule has 1 aliphatic rings. The van der Waals surface area contributed by atoms with Gasteiger partial charge in [0.05, 0.1) is 6.54 Å². The summed E-state index contributed by atoms with van der Waals surface area (Å²) in [5.41, 5.74) is 0.732. The summed E-state index contributed by atoms with van der Waals surface area (Å²) in [4.78, 5) is 34.5. The number of benzene rings is 1. The Morgan fingerprint density at radius 3 is 2.72 bits per heavy atom. The highest BCUT2D eigenvalue weighted by Gasteiger charge is 2.12. The fraction of sp³-hybridized carbons (Fsp3) is 0.353. The van der Waals surface area contributed by atoms with E-state index in [1.165, 1.54) is 12.2 Å². The smallest absolute Gasteiger partial charge is 0.331 e. The van der Waals surface area contributed by atoms with Gasteiger partial charge in [0.15, 0.2) is 18.1 Å². The minimum absolute atomic E-state index is 0.0106. The molecule has 2 amide bonds. The van der Waals surface area contributed by atoms with E-state index in [1.807, 2.05) is 13.8 Å². The number of amides is 2. The van der Waals surface area contributed by atoms with E-state index >= 15 is 0 Å². The van der Waals surface area contributed by atoms with E-state index in [9.17, 15) is 14.4 Å². The lowest BCUT2D eigenvalue weighted by Crippen LogP contribution is -2.41. The largest absolute Gasteiger partial charge is 0.454 e. The first-order valence-corrected chi connectivity index (χ1v) is 7.74. The summed E-state index contributed by atoms with van der Waals surface area (Å²) in [7, 11) is 0. The standard InChI is InChI=1S/C17H20N2O6/c1-11(2)19-15(20)8-18-16(21)9-23-17(22)6-4-12-3-5-13-14(7-12)25-10-24-13/h3-7,11H,8-10H2,1-2H3,(H,18,21)(H,19,20)/b6-4+. The van der Waals surface area contributed by atoms with E-state index in [2.05, 4.69) is 10.6 Å². The zero-order valence-electron chi connectivity index (χ0n) is 14.0. The van der Waals surface area contributed by atoms with Crippen molar-refractivity contribution in [1.82, 2.24) is 10.6 Å². The van der Waals surface area contributed by atoms with Crippen molar-refractivity contribution >= 4 is 23.9 Å². The molecule has 8 heteroatoms. The monoisotopic (exact) mass is 348 g/mol. The molecule has 25 heavy (non-hydrogen) atoms. The second-order valence-corrected chi connectivity index (χ2v) is 5.55. The number of carbonyl (C=O) groups excluding carboxylic acids is 3. The van der Waals surface area contributed by atoms with Crippen LogP contribution in [-0.2, 0) is 19.1 Å². The van der Waals surface area contributed by atoms with Gasteiger partial charge in [-0.05, 0) is 37.6 Å². The van der Waals surface area contributed by atoms with Gasteiger partial charge in [-0.3, -0.25) is 9.59 Å². The van der Waals surface area contributed by atoms with E-state index < -0.39 is 18.5 Å². The van der Waals surface area contributed by atoms with Crippen LogP contribution in [0.3, 0.4) is 0 Å². The van der Waals surface area contributed by atoms with Crippen molar-refractivity contribution in [2.45, 2.75) is 19.9 Å². The van der Waals surface area contributed by atoms with Crippen LogP contribution in [0.25, 0.3) is 6.08 Å². The first-order valence-electron chi connectivity index (χ1n) is 7.74. The molecule has 1 aliphatic heterocycles. The zero-order valence-corrected chi connectivity index (χ0v) is 14.0. The molecule has 2 rings (SSSR count). The van der Waals surface area contributed by atoms with E-state index in [-0.39, 0.29) is 25.3 Å². The number of nitrogens with one attached hydrogen (secondary N) is 2. The highest BCUT2D eigenvalue weighted by atomic mass is 16.7. The number of esters is 1. The van der Waals surface area contributed by atoms with Gasteiger partial charge in [0, 0.05) is 12.1 Å². The predicted octanol–water partition coefficient (Wildman–Crippen LogP) is 0.612. The minimum Gasteiger partial charge on any atom is -0.454 e. The van der Waals surface area contributed by atoms with Crippen LogP contribution in [0.1, 0.15) is 19.4 Å². The van der Waals surface area contributed by atoms with Crippen molar-refractivity contribution in [1.29, 1.82) is 0 Å². The topological polar surface area (TPSA) is 103 Å². The van der Waals surface area contributed by atoms with Gasteiger partial charge in [0.1, 0.15) is 0 Å². The third-order valence-corrected chi connectivity index (χ3v) is 3.05. The van der Waals surface area contributed by atoms with Crippen molar-refractivity contribution in [3.05, 3.63) is 29.8 Å². The number of ether oxygens (including phenoxy) is 3. The molecule has 0 spiro atoms. The van der Waals surface area contributed by atoms with Gasteiger partial charge in [0.25, 0.3) is 5.91 Å². The zero-order chi connectivity index (χ0) is 18.2. The van der Waals surface area contributed by atoms with Gasteiger partial charge in [-0.1, -0.05) is 6.07 Å². The molecule has 0 unspecified atom stereocenters. The summed E-state index contributed by atoms with van der Waals surface area (Å²) >= 11 is 0. The summed E-state index contributed by atoms with van der Waals surface area (Å²) in [6.07, 6.45) is 2.74. The molecule has 0 aromatic heterocycles. The molecule has 0 atom stereocenters. The Labute approximate surface area is 145 Å². The summed E-state index contributed by atoms with van der Waals surface area (Å²) in [5, 5.41) is 4.99. The molecule has 0 saturated carbocycles. The van der Waals surface area contributed by atoms with Crippen molar-refractivity contribution in [2.24, 2.45) is 0 Å². The van der Waals surface area contributed by atoms with Crippen molar-refractivity contribution < 1.29 is 28.6 Å². The molecule has 2 N–H and O–H groups in total. The molecule has 0 fully saturated rings. The highest BCUT2D eigenvalue weighted by molar-refractivity contribution is 5.90.